The predicted octanol–water partition coefficient (Wildman–Crippen LogP) is 10.6. The minimum atomic E-state index is -3.22. The average Bonchev–Trinajstić information content (AvgIpc) is 2.85. The molecule has 0 spiro atoms. The molecule has 0 aliphatic rings. The van der Waals surface area contributed by atoms with Gasteiger partial charge in [-0.05, 0) is 59.7 Å². The molecule has 36 heavy (non-hydrogen) atoms. The molecule has 0 rings (SSSR count). The van der Waals surface area contributed by atoms with E-state index in [-0.39, 0.29) is 0 Å². The number of unbranched alkanes of at least 4 members (excludes halogenated alkanes) is 15. The fraction of sp³-hybridized carbons (Fsp3) is 1.00. The molecule has 220 valence electrons. The summed E-state index contributed by atoms with van der Waals surface area (Å²) in [5.74, 6) is 0. The zero-order valence-corrected chi connectivity index (χ0v) is 26.4. The van der Waals surface area contributed by atoms with Gasteiger partial charge in [0.2, 0.25) is 0 Å². The second kappa shape index (κ2) is 31.3. The third-order valence-corrected chi connectivity index (χ3v) is 8.07. The molecule has 0 aromatic heterocycles. The first-order valence-electron chi connectivity index (χ1n) is 15.8. The summed E-state index contributed by atoms with van der Waals surface area (Å²) < 4.78 is 25.8. The Morgan fingerprint density at radius 1 is 0.417 bits per heavy atom. The summed E-state index contributed by atoms with van der Waals surface area (Å²) in [6.45, 7) is 17.2. The zero-order valence-electron chi connectivity index (χ0n) is 25.5. The first kappa shape index (κ1) is 38.2. The third-order valence-electron chi connectivity index (χ3n) is 6.35. The Balaban J connectivity index is 0. The molecule has 0 aromatic rings. The lowest BCUT2D eigenvalue weighted by atomic mass is 10.1. The lowest BCUT2D eigenvalue weighted by molar-refractivity contribution is 0.126. The van der Waals surface area contributed by atoms with Crippen molar-refractivity contribution in [2.45, 2.75) is 157 Å². The van der Waals surface area contributed by atoms with E-state index in [4.69, 9.17) is 13.6 Å². The van der Waals surface area contributed by atoms with Crippen LogP contribution < -0.4 is 0 Å². The van der Waals surface area contributed by atoms with Crippen molar-refractivity contribution in [3.8, 4) is 0 Å². The Kier molecular flexibility index (Phi) is 33.2. The molecule has 0 amide bonds. The minimum Gasteiger partial charge on any atom is -0.303 e. The smallest absolute Gasteiger partial charge is 0.303 e. The molecule has 0 atom stereocenters. The molecular weight excluding hydrogens is 469 g/mol. The molecule has 0 aliphatic heterocycles. The normalized spacial score (nSPS) is 11.6. The zero-order chi connectivity index (χ0) is 27.2. The lowest BCUT2D eigenvalue weighted by Gasteiger charge is -2.22. The molecule has 0 saturated heterocycles. The van der Waals surface area contributed by atoms with Crippen LogP contribution in [0.4, 0.5) is 0 Å². The van der Waals surface area contributed by atoms with Gasteiger partial charge < -0.3 is 4.90 Å². The lowest BCUT2D eigenvalue weighted by Crippen LogP contribution is -2.27. The Morgan fingerprint density at radius 3 is 0.917 bits per heavy atom. The van der Waals surface area contributed by atoms with Gasteiger partial charge in [-0.15, -0.1) is 0 Å². The quantitative estimate of drug-likeness (QED) is 0.0773. The predicted molar refractivity (Wildman–Crippen MR) is 159 cm³/mol. The number of nitrogens with zero attached hydrogens (tertiary/aromatic N) is 1. The van der Waals surface area contributed by atoms with E-state index >= 15 is 0 Å². The fourth-order valence-corrected chi connectivity index (χ4v) is 5.44. The second-order valence-corrected chi connectivity index (χ2v) is 11.5. The highest BCUT2D eigenvalue weighted by Gasteiger charge is 2.23. The van der Waals surface area contributed by atoms with Gasteiger partial charge in [0.25, 0.3) is 0 Å². The number of phosphoric ester groups is 1. The van der Waals surface area contributed by atoms with Crippen molar-refractivity contribution < 1.29 is 18.1 Å². The van der Waals surface area contributed by atoms with Gasteiger partial charge in [0.1, 0.15) is 0 Å². The maximum Gasteiger partial charge on any atom is 0.474 e. The molecule has 0 saturated carbocycles. The summed E-state index contributed by atoms with van der Waals surface area (Å²) >= 11 is 0. The van der Waals surface area contributed by atoms with E-state index in [9.17, 15) is 4.57 Å². The van der Waals surface area contributed by atoms with Crippen LogP contribution >= 0.6 is 7.82 Å². The Bertz CT molecular complexity index is 389. The fourth-order valence-electron chi connectivity index (χ4n) is 4.27. The summed E-state index contributed by atoms with van der Waals surface area (Å²) in [5.41, 5.74) is 0. The third kappa shape index (κ3) is 28.6. The molecule has 0 bridgehead atoms. The van der Waals surface area contributed by atoms with E-state index in [2.05, 4.69) is 25.7 Å². The summed E-state index contributed by atoms with van der Waals surface area (Å²) in [7, 11) is -3.22. The number of hydrogen-bond donors (Lipinski definition) is 0. The van der Waals surface area contributed by atoms with E-state index in [1.54, 1.807) is 20.8 Å². The van der Waals surface area contributed by atoms with Crippen LogP contribution in [0.15, 0.2) is 0 Å². The molecule has 5 nitrogen and oxygen atoms in total. The van der Waals surface area contributed by atoms with Gasteiger partial charge in [-0.3, -0.25) is 13.6 Å². The average molecular weight is 536 g/mol. The Hall–Kier alpha value is 0.0700. The van der Waals surface area contributed by atoms with Gasteiger partial charge in [0.15, 0.2) is 0 Å². The van der Waals surface area contributed by atoms with Crippen LogP contribution in [-0.4, -0.2) is 44.4 Å². The summed E-state index contributed by atoms with van der Waals surface area (Å²) in [4.78, 5) is 2.79. The first-order chi connectivity index (χ1) is 17.5. The van der Waals surface area contributed by atoms with Crippen LogP contribution in [0.5, 0.6) is 0 Å². The van der Waals surface area contributed by atoms with Crippen molar-refractivity contribution in [1.29, 1.82) is 0 Å². The number of phosphoric acid groups is 1. The molecule has 0 fully saturated rings. The second-order valence-electron chi connectivity index (χ2n) is 9.85. The molecule has 6 heteroatoms. The van der Waals surface area contributed by atoms with E-state index in [0.29, 0.717) is 19.8 Å². The van der Waals surface area contributed by atoms with E-state index < -0.39 is 7.82 Å². The van der Waals surface area contributed by atoms with Crippen molar-refractivity contribution in [1.82, 2.24) is 4.90 Å². The van der Waals surface area contributed by atoms with Crippen LogP contribution in [0.2, 0.25) is 0 Å². The van der Waals surface area contributed by atoms with Crippen molar-refractivity contribution in [3.63, 3.8) is 0 Å². The maximum absolute atomic E-state index is 11.3. The van der Waals surface area contributed by atoms with Crippen LogP contribution in [-0.2, 0) is 18.1 Å². The van der Waals surface area contributed by atoms with Gasteiger partial charge in [-0.2, -0.15) is 0 Å². The molecular formula is C30H66NO4P. The highest BCUT2D eigenvalue weighted by molar-refractivity contribution is 7.48. The van der Waals surface area contributed by atoms with Crippen molar-refractivity contribution in [3.05, 3.63) is 0 Å². The van der Waals surface area contributed by atoms with E-state index in [1.807, 2.05) is 0 Å². The maximum atomic E-state index is 11.3. The molecule has 0 N–H and O–H groups in total. The van der Waals surface area contributed by atoms with Crippen molar-refractivity contribution >= 4 is 7.82 Å². The van der Waals surface area contributed by atoms with Gasteiger partial charge in [0, 0.05) is 0 Å². The van der Waals surface area contributed by atoms with Crippen LogP contribution in [0, 0.1) is 0 Å². The first-order valence-corrected chi connectivity index (χ1v) is 17.2. The van der Waals surface area contributed by atoms with Crippen LogP contribution in [0.25, 0.3) is 0 Å². The Morgan fingerprint density at radius 2 is 0.667 bits per heavy atom. The van der Waals surface area contributed by atoms with Crippen LogP contribution in [0.3, 0.4) is 0 Å². The van der Waals surface area contributed by atoms with Gasteiger partial charge in [-0.1, -0.05) is 117 Å². The summed E-state index contributed by atoms with van der Waals surface area (Å²) in [6.07, 6.45) is 25.7. The van der Waals surface area contributed by atoms with E-state index in [1.165, 1.54) is 135 Å². The molecule has 0 aromatic carbocycles. The van der Waals surface area contributed by atoms with Crippen molar-refractivity contribution in [2.24, 2.45) is 0 Å². The molecule has 0 unspecified atom stereocenters. The topological polar surface area (TPSA) is 48.0 Å². The largest absolute Gasteiger partial charge is 0.474 e. The molecule has 0 aliphatic carbocycles. The summed E-state index contributed by atoms with van der Waals surface area (Å²) in [5, 5.41) is 0. The Labute approximate surface area is 227 Å². The van der Waals surface area contributed by atoms with Crippen LogP contribution in [0.1, 0.15) is 157 Å². The minimum absolute atomic E-state index is 0.331. The standard InChI is InChI=1S/C24H51N.C6H15O4P/c1-4-7-10-13-16-19-22-25(23-20-17-14-11-8-5-2)24-21-18-15-12-9-6-3;1-4-8-11(7,9-5-2)10-6-3/h4-24H2,1-3H3;4-6H2,1-3H3. The summed E-state index contributed by atoms with van der Waals surface area (Å²) in [6, 6.07) is 0. The van der Waals surface area contributed by atoms with Gasteiger partial charge in [-0.25, -0.2) is 4.57 Å². The highest BCUT2D eigenvalue weighted by Crippen LogP contribution is 2.48. The highest BCUT2D eigenvalue weighted by atomic mass is 31.2. The number of rotatable bonds is 27. The number of hydrogen-bond acceptors (Lipinski definition) is 5. The van der Waals surface area contributed by atoms with E-state index in [0.717, 1.165) is 0 Å². The monoisotopic (exact) mass is 535 g/mol. The SMILES string of the molecule is CCCCCCCCN(CCCCCCCC)CCCCCCCC.CCOP(=O)(OCC)OCC. The molecule has 0 radical (unpaired) electrons. The van der Waals surface area contributed by atoms with Gasteiger partial charge in [0.05, 0.1) is 19.8 Å². The molecule has 0 heterocycles. The van der Waals surface area contributed by atoms with Crippen molar-refractivity contribution in [2.75, 3.05) is 39.5 Å². The van der Waals surface area contributed by atoms with Gasteiger partial charge >= 0.3 is 7.82 Å².